The van der Waals surface area contributed by atoms with Gasteiger partial charge in [0, 0.05) is 6.42 Å². The largest absolute Gasteiger partial charge is 0.418 e. The molecule has 3 rings (SSSR count). The lowest BCUT2D eigenvalue weighted by atomic mass is 10.1. The number of hydrogen-bond donors (Lipinski definition) is 2. The maximum Gasteiger partial charge on any atom is 0.418 e. The van der Waals surface area contributed by atoms with Crippen molar-refractivity contribution >= 4 is 33.6 Å². The van der Waals surface area contributed by atoms with Crippen LogP contribution < -0.4 is 10.6 Å². The summed E-state index contributed by atoms with van der Waals surface area (Å²) in [6.07, 6.45) is 0.765. The molecule has 1 unspecified atom stereocenters. The van der Waals surface area contributed by atoms with Gasteiger partial charge in [0.15, 0.2) is 5.78 Å². The molecule has 3 N–H and O–H groups in total. The highest BCUT2D eigenvalue weighted by atomic mass is 32.3. The summed E-state index contributed by atoms with van der Waals surface area (Å²) >= 11 is 0.827. The van der Waals surface area contributed by atoms with Gasteiger partial charge in [-0.15, -0.1) is 4.28 Å². The zero-order valence-electron chi connectivity index (χ0n) is 13.0. The molecule has 2 aliphatic heterocycles. The molecule has 138 valence electrons. The fourth-order valence-corrected chi connectivity index (χ4v) is 4.35. The number of hydroxylamine groups is 2. The first-order chi connectivity index (χ1) is 11.7. The van der Waals surface area contributed by atoms with Crippen LogP contribution in [0.2, 0.25) is 0 Å². The predicted octanol–water partition coefficient (Wildman–Crippen LogP) is -0.755. The number of carbonyl (C=O) groups is 2. The summed E-state index contributed by atoms with van der Waals surface area (Å²) in [4.78, 5) is 37.7. The second kappa shape index (κ2) is 6.49. The number of rotatable bonds is 7. The molecule has 0 saturated carbocycles. The summed E-state index contributed by atoms with van der Waals surface area (Å²) in [6, 6.07) is -1.57. The van der Waals surface area contributed by atoms with Gasteiger partial charge in [-0.25, -0.2) is 4.79 Å². The molecule has 1 atom stereocenters. The van der Waals surface area contributed by atoms with Crippen LogP contribution >= 0.6 is 11.3 Å². The lowest BCUT2D eigenvalue weighted by Crippen LogP contribution is -2.33. The third-order valence-corrected chi connectivity index (χ3v) is 5.45. The van der Waals surface area contributed by atoms with Crippen molar-refractivity contribution in [1.29, 1.82) is 0 Å². The molecule has 0 radical (unpaired) electrons. The van der Waals surface area contributed by atoms with Gasteiger partial charge in [-0.05, 0) is 13.0 Å². The van der Waals surface area contributed by atoms with E-state index in [0.29, 0.717) is 28.6 Å². The first-order valence-electron chi connectivity index (χ1n) is 7.40. The van der Waals surface area contributed by atoms with Crippen LogP contribution in [0.5, 0.6) is 0 Å². The Labute approximate surface area is 146 Å². The number of amides is 2. The Morgan fingerprint density at radius 1 is 1.40 bits per heavy atom. The average Bonchev–Trinajstić information content (AvgIpc) is 2.96. The minimum absolute atomic E-state index is 0.0545. The third kappa shape index (κ3) is 3.46. The van der Waals surface area contributed by atoms with E-state index in [1.165, 1.54) is 9.47 Å². The van der Waals surface area contributed by atoms with Gasteiger partial charge in [0.25, 0.3) is 0 Å². The monoisotopic (exact) mass is 392 g/mol. The van der Waals surface area contributed by atoms with Crippen molar-refractivity contribution in [2.45, 2.75) is 32.0 Å². The Morgan fingerprint density at radius 2 is 2.12 bits per heavy atom. The van der Waals surface area contributed by atoms with Crippen molar-refractivity contribution in [1.82, 2.24) is 14.5 Å². The molecule has 1 fully saturated rings. The highest BCUT2D eigenvalue weighted by Gasteiger charge is 2.48. The van der Waals surface area contributed by atoms with Crippen LogP contribution in [0.4, 0.5) is 4.79 Å². The molecule has 0 spiro atoms. The molecular formula is C12H16N4O7S2. The number of fused-ring (bicyclic) bond motifs is 4. The van der Waals surface area contributed by atoms with Crippen LogP contribution in [-0.4, -0.2) is 52.4 Å². The Bertz CT molecular complexity index is 875. The SMILES string of the molecule is NCCCC(=O)Cn1c2c(sc1=O)C1CN(C2)C(=O)N1OS(=O)(=O)O. The molecule has 2 bridgehead atoms. The van der Waals surface area contributed by atoms with Gasteiger partial charge in [0.05, 0.1) is 30.2 Å². The fourth-order valence-electron chi connectivity index (χ4n) is 2.91. The van der Waals surface area contributed by atoms with Gasteiger partial charge in [0.1, 0.15) is 6.04 Å². The quantitative estimate of drug-likeness (QED) is 0.575. The second-order valence-electron chi connectivity index (χ2n) is 5.70. The fraction of sp³-hybridized carbons (Fsp3) is 0.583. The number of nitrogens with two attached hydrogens (primary N) is 1. The van der Waals surface area contributed by atoms with E-state index in [-0.39, 0.29) is 36.7 Å². The molecule has 1 aromatic rings. The lowest BCUT2D eigenvalue weighted by Gasteiger charge is -2.22. The van der Waals surface area contributed by atoms with Gasteiger partial charge in [-0.3, -0.25) is 18.7 Å². The van der Waals surface area contributed by atoms with Crippen LogP contribution in [0.1, 0.15) is 29.5 Å². The number of nitrogens with zero attached hydrogens (tertiary/aromatic N) is 3. The van der Waals surface area contributed by atoms with Crippen molar-refractivity contribution in [2.75, 3.05) is 13.1 Å². The standard InChI is InChI=1S/C12H16N4O7S2/c13-3-1-2-7(17)4-15-8-5-14-6-9(10(8)24-12(15)19)16(11(14)18)23-25(20,21)22/h9H,1-6,13H2,(H,20,21,22). The molecule has 0 aliphatic carbocycles. The smallest absolute Gasteiger partial charge is 0.330 e. The van der Waals surface area contributed by atoms with Gasteiger partial charge in [0.2, 0.25) is 0 Å². The van der Waals surface area contributed by atoms with E-state index < -0.39 is 22.5 Å². The van der Waals surface area contributed by atoms with E-state index in [9.17, 15) is 22.8 Å². The van der Waals surface area contributed by atoms with Crippen LogP contribution in [0.15, 0.2) is 4.79 Å². The third-order valence-electron chi connectivity index (χ3n) is 3.98. The number of aromatic nitrogens is 1. The number of hydrogen-bond acceptors (Lipinski definition) is 8. The van der Waals surface area contributed by atoms with Crippen LogP contribution in [0.25, 0.3) is 0 Å². The maximum absolute atomic E-state index is 12.2. The molecular weight excluding hydrogens is 376 g/mol. The van der Waals surface area contributed by atoms with E-state index in [1.54, 1.807) is 0 Å². The van der Waals surface area contributed by atoms with E-state index in [2.05, 4.69) is 4.28 Å². The molecule has 13 heteroatoms. The van der Waals surface area contributed by atoms with Gasteiger partial charge in [-0.1, -0.05) is 11.3 Å². The highest BCUT2D eigenvalue weighted by molar-refractivity contribution is 7.80. The van der Waals surface area contributed by atoms with Crippen molar-refractivity contribution in [3.8, 4) is 0 Å². The summed E-state index contributed by atoms with van der Waals surface area (Å²) in [5, 5.41) is 0.539. The Hall–Kier alpha value is -1.80. The minimum Gasteiger partial charge on any atom is -0.330 e. The highest BCUT2D eigenvalue weighted by Crippen LogP contribution is 2.39. The van der Waals surface area contributed by atoms with E-state index >= 15 is 0 Å². The van der Waals surface area contributed by atoms with Crippen molar-refractivity contribution in [2.24, 2.45) is 5.73 Å². The zero-order valence-corrected chi connectivity index (χ0v) is 14.6. The number of carbonyl (C=O) groups excluding carboxylic acids is 2. The molecule has 2 amide bonds. The van der Waals surface area contributed by atoms with E-state index in [1.807, 2.05) is 0 Å². The molecule has 1 aromatic heterocycles. The van der Waals surface area contributed by atoms with Crippen molar-refractivity contribution in [3.05, 3.63) is 20.2 Å². The maximum atomic E-state index is 12.2. The summed E-state index contributed by atoms with van der Waals surface area (Å²) in [7, 11) is -4.88. The topological polar surface area (TPSA) is 152 Å². The summed E-state index contributed by atoms with van der Waals surface area (Å²) in [6.45, 7) is 0.425. The number of Topliss-reactive ketones (excluding diaryl/α,β-unsaturated/α-hetero) is 1. The minimum atomic E-state index is -4.88. The summed E-state index contributed by atoms with van der Waals surface area (Å²) < 4.78 is 36.4. The van der Waals surface area contributed by atoms with Crippen molar-refractivity contribution < 1.29 is 26.8 Å². The molecule has 1 saturated heterocycles. The van der Waals surface area contributed by atoms with E-state index in [0.717, 1.165) is 11.3 Å². The summed E-state index contributed by atoms with van der Waals surface area (Å²) in [5.41, 5.74) is 5.84. The van der Waals surface area contributed by atoms with Crippen LogP contribution in [0, 0.1) is 0 Å². The summed E-state index contributed by atoms with van der Waals surface area (Å²) in [5.74, 6) is -0.154. The van der Waals surface area contributed by atoms with Crippen molar-refractivity contribution in [3.63, 3.8) is 0 Å². The second-order valence-corrected chi connectivity index (χ2v) is 7.70. The van der Waals surface area contributed by atoms with Crippen LogP contribution in [0.3, 0.4) is 0 Å². The Balaban J connectivity index is 1.91. The molecule has 0 aromatic carbocycles. The van der Waals surface area contributed by atoms with E-state index in [4.69, 9.17) is 10.3 Å². The first-order valence-corrected chi connectivity index (χ1v) is 9.58. The predicted molar refractivity (Wildman–Crippen MR) is 84.9 cm³/mol. The molecule has 11 nitrogen and oxygen atoms in total. The number of urea groups is 1. The van der Waals surface area contributed by atoms with Gasteiger partial charge in [-0.2, -0.15) is 13.5 Å². The number of thiazole rings is 1. The molecule has 25 heavy (non-hydrogen) atoms. The van der Waals surface area contributed by atoms with Gasteiger partial charge >= 0.3 is 21.3 Å². The molecule has 3 heterocycles. The average molecular weight is 392 g/mol. The van der Waals surface area contributed by atoms with Gasteiger partial charge < -0.3 is 10.6 Å². The zero-order chi connectivity index (χ0) is 18.4. The number of ketones is 1. The molecule has 2 aliphatic rings. The normalized spacial score (nSPS) is 19.4. The first kappa shape index (κ1) is 18.0. The Morgan fingerprint density at radius 3 is 2.76 bits per heavy atom. The van der Waals surface area contributed by atoms with Crippen LogP contribution in [-0.2, 0) is 32.6 Å². The lowest BCUT2D eigenvalue weighted by molar-refractivity contribution is -0.119. The Kier molecular flexibility index (Phi) is 4.68.